The quantitative estimate of drug-likeness (QED) is 0.784. The van der Waals surface area contributed by atoms with Gasteiger partial charge in [0.15, 0.2) is 0 Å². The number of carbonyl (C=O) groups is 1. The molecule has 2 heterocycles. The van der Waals surface area contributed by atoms with Crippen LogP contribution in [-0.2, 0) is 18.9 Å². The van der Waals surface area contributed by atoms with Crippen molar-refractivity contribution in [2.45, 2.75) is 31.2 Å². The van der Waals surface area contributed by atoms with Crippen molar-refractivity contribution in [3.8, 4) is 0 Å². The molecule has 0 unspecified atom stereocenters. The fourth-order valence-corrected chi connectivity index (χ4v) is 3.02. The minimum Gasteiger partial charge on any atom is -0.323 e. The van der Waals surface area contributed by atoms with Gasteiger partial charge in [-0.15, -0.1) is 24.8 Å². The number of anilines is 1. The number of rotatable bonds is 2. The molecule has 1 fully saturated rings. The molecule has 0 atom stereocenters. The summed E-state index contributed by atoms with van der Waals surface area (Å²) in [5.41, 5.74) is 5.04. The van der Waals surface area contributed by atoms with Crippen molar-refractivity contribution >= 4 is 47.4 Å². The van der Waals surface area contributed by atoms with E-state index in [9.17, 15) is 14.4 Å². The third kappa shape index (κ3) is 3.56. The molecule has 1 amide bonds. The number of pyridine rings is 1. The molecular weight excluding hydrogens is 369 g/mol. The van der Waals surface area contributed by atoms with E-state index in [1.165, 1.54) is 23.9 Å². The van der Waals surface area contributed by atoms with E-state index in [0.29, 0.717) is 18.5 Å². The van der Waals surface area contributed by atoms with Crippen LogP contribution >= 0.6 is 24.8 Å². The Hall–Kier alpha value is -1.90. The van der Waals surface area contributed by atoms with Crippen LogP contribution in [0.1, 0.15) is 25.7 Å². The van der Waals surface area contributed by atoms with Crippen LogP contribution in [0.4, 0.5) is 5.69 Å². The lowest BCUT2D eigenvalue weighted by Crippen LogP contribution is -2.48. The highest BCUT2D eigenvalue weighted by atomic mass is 35.5. The third-order valence-electron chi connectivity index (χ3n) is 4.50. The molecule has 1 saturated carbocycles. The summed E-state index contributed by atoms with van der Waals surface area (Å²) in [7, 11) is 2.95. The normalized spacial score (nSPS) is 15.3. The SMILES string of the molecule is Cl.Cl.Cn1c(=O)c2cc(NC(=O)C3(N)CCCC3)cnc2n(C)c1=O. The number of carbonyl (C=O) groups excluding carboxylic acids is 1. The summed E-state index contributed by atoms with van der Waals surface area (Å²) in [6, 6.07) is 1.53. The predicted octanol–water partition coefficient (Wildman–Crippen LogP) is 0.686. The Bertz CT molecular complexity index is 916. The minimum atomic E-state index is -0.858. The molecule has 0 spiro atoms. The highest BCUT2D eigenvalue weighted by molar-refractivity contribution is 5.99. The van der Waals surface area contributed by atoms with Crippen molar-refractivity contribution in [1.82, 2.24) is 14.1 Å². The van der Waals surface area contributed by atoms with Crippen LogP contribution in [-0.4, -0.2) is 25.6 Å². The van der Waals surface area contributed by atoms with Gasteiger partial charge in [0.1, 0.15) is 5.65 Å². The second-order valence-corrected chi connectivity index (χ2v) is 6.12. The highest BCUT2D eigenvalue weighted by Gasteiger charge is 2.37. The Kier molecular flexibility index (Phi) is 6.39. The number of fused-ring (bicyclic) bond motifs is 1. The number of amides is 1. The van der Waals surface area contributed by atoms with Gasteiger partial charge in [-0.25, -0.2) is 9.78 Å². The molecule has 3 rings (SSSR count). The predicted molar refractivity (Wildman–Crippen MR) is 101 cm³/mol. The van der Waals surface area contributed by atoms with Crippen LogP contribution in [0, 0.1) is 0 Å². The molecule has 0 aliphatic heterocycles. The molecule has 10 heteroatoms. The van der Waals surface area contributed by atoms with Crippen molar-refractivity contribution in [2.24, 2.45) is 19.8 Å². The van der Waals surface area contributed by atoms with E-state index < -0.39 is 16.8 Å². The lowest BCUT2D eigenvalue weighted by molar-refractivity contribution is -0.121. The molecule has 0 bridgehead atoms. The zero-order valence-corrected chi connectivity index (χ0v) is 15.6. The molecule has 0 aromatic carbocycles. The van der Waals surface area contributed by atoms with Crippen LogP contribution in [0.2, 0.25) is 0 Å². The van der Waals surface area contributed by atoms with Crippen LogP contribution in [0.5, 0.6) is 0 Å². The molecule has 2 aromatic heterocycles. The monoisotopic (exact) mass is 389 g/mol. The van der Waals surface area contributed by atoms with Crippen LogP contribution in [0.25, 0.3) is 11.0 Å². The zero-order chi connectivity index (χ0) is 16.8. The maximum absolute atomic E-state index is 12.3. The van der Waals surface area contributed by atoms with Crippen molar-refractivity contribution in [1.29, 1.82) is 0 Å². The van der Waals surface area contributed by atoms with Crippen LogP contribution < -0.4 is 22.3 Å². The fraction of sp³-hybridized carbons (Fsp3) is 0.467. The number of aryl methyl sites for hydroxylation is 1. The van der Waals surface area contributed by atoms with Gasteiger partial charge in [0.25, 0.3) is 5.56 Å². The molecule has 25 heavy (non-hydrogen) atoms. The average molecular weight is 390 g/mol. The first-order valence-corrected chi connectivity index (χ1v) is 7.49. The van der Waals surface area contributed by atoms with Crippen molar-refractivity contribution in [3.05, 3.63) is 33.1 Å². The lowest BCUT2D eigenvalue weighted by Gasteiger charge is -2.22. The Morgan fingerprint density at radius 3 is 2.40 bits per heavy atom. The van der Waals surface area contributed by atoms with Gasteiger partial charge >= 0.3 is 5.69 Å². The van der Waals surface area contributed by atoms with Gasteiger partial charge in [-0.05, 0) is 18.9 Å². The second-order valence-electron chi connectivity index (χ2n) is 6.12. The van der Waals surface area contributed by atoms with E-state index in [-0.39, 0.29) is 41.8 Å². The fourth-order valence-electron chi connectivity index (χ4n) is 3.02. The number of aromatic nitrogens is 3. The summed E-state index contributed by atoms with van der Waals surface area (Å²) in [4.78, 5) is 40.6. The van der Waals surface area contributed by atoms with E-state index in [1.807, 2.05) is 0 Å². The Morgan fingerprint density at radius 1 is 1.20 bits per heavy atom. The van der Waals surface area contributed by atoms with Gasteiger partial charge in [-0.1, -0.05) is 12.8 Å². The summed E-state index contributed by atoms with van der Waals surface area (Å²) in [6.45, 7) is 0. The van der Waals surface area contributed by atoms with E-state index in [0.717, 1.165) is 17.4 Å². The van der Waals surface area contributed by atoms with Gasteiger partial charge in [-0.3, -0.25) is 18.7 Å². The molecule has 0 saturated heterocycles. The average Bonchev–Trinajstić information content (AvgIpc) is 2.99. The first-order chi connectivity index (χ1) is 10.8. The van der Waals surface area contributed by atoms with Gasteiger partial charge in [0.2, 0.25) is 5.91 Å². The zero-order valence-electron chi connectivity index (χ0n) is 13.9. The lowest BCUT2D eigenvalue weighted by atomic mass is 9.98. The molecule has 138 valence electrons. The first kappa shape index (κ1) is 21.1. The Labute approximate surface area is 156 Å². The van der Waals surface area contributed by atoms with Crippen molar-refractivity contribution in [3.63, 3.8) is 0 Å². The molecule has 1 aliphatic carbocycles. The van der Waals surface area contributed by atoms with E-state index in [4.69, 9.17) is 5.73 Å². The molecular formula is C15H21Cl2N5O3. The van der Waals surface area contributed by atoms with E-state index in [2.05, 4.69) is 10.3 Å². The third-order valence-corrected chi connectivity index (χ3v) is 4.50. The van der Waals surface area contributed by atoms with Gasteiger partial charge in [-0.2, -0.15) is 0 Å². The van der Waals surface area contributed by atoms with Crippen molar-refractivity contribution in [2.75, 3.05) is 5.32 Å². The van der Waals surface area contributed by atoms with Crippen molar-refractivity contribution < 1.29 is 4.79 Å². The van der Waals surface area contributed by atoms with Gasteiger partial charge in [0.05, 0.1) is 22.8 Å². The number of halogens is 2. The number of hydrogen-bond acceptors (Lipinski definition) is 5. The number of nitrogens with two attached hydrogens (primary N) is 1. The topological polar surface area (TPSA) is 112 Å². The Morgan fingerprint density at radius 2 is 1.80 bits per heavy atom. The summed E-state index contributed by atoms with van der Waals surface area (Å²) >= 11 is 0. The second kappa shape index (κ2) is 7.55. The first-order valence-electron chi connectivity index (χ1n) is 7.49. The van der Waals surface area contributed by atoms with E-state index >= 15 is 0 Å². The van der Waals surface area contributed by atoms with Crippen LogP contribution in [0.3, 0.4) is 0 Å². The number of nitrogens with zero attached hydrogens (tertiary/aromatic N) is 3. The number of hydrogen-bond donors (Lipinski definition) is 2. The molecule has 1 aliphatic rings. The summed E-state index contributed by atoms with van der Waals surface area (Å²) in [5.74, 6) is -0.266. The summed E-state index contributed by atoms with van der Waals surface area (Å²) < 4.78 is 2.31. The summed E-state index contributed by atoms with van der Waals surface area (Å²) in [5, 5.41) is 3.00. The molecule has 8 nitrogen and oxygen atoms in total. The van der Waals surface area contributed by atoms with E-state index in [1.54, 1.807) is 7.05 Å². The minimum absolute atomic E-state index is 0. The highest BCUT2D eigenvalue weighted by Crippen LogP contribution is 2.28. The smallest absolute Gasteiger partial charge is 0.323 e. The van der Waals surface area contributed by atoms with Gasteiger partial charge < -0.3 is 11.1 Å². The maximum Gasteiger partial charge on any atom is 0.332 e. The number of nitrogens with one attached hydrogen (secondary N) is 1. The molecule has 3 N–H and O–H groups in total. The summed E-state index contributed by atoms with van der Waals surface area (Å²) in [6.07, 6.45) is 4.59. The Balaban J connectivity index is 0.00000156. The maximum atomic E-state index is 12.3. The van der Waals surface area contributed by atoms with Gasteiger partial charge in [0, 0.05) is 14.1 Å². The largest absolute Gasteiger partial charge is 0.332 e. The standard InChI is InChI=1S/C15H19N5O3.2ClH/c1-19-11-10(12(21)20(2)14(19)23)7-9(8-17-11)18-13(22)15(16)5-3-4-6-15;;/h7-8H,3-6,16H2,1-2H3,(H,18,22);2*1H. The molecule has 0 radical (unpaired) electrons. The van der Waals surface area contributed by atoms with Crippen LogP contribution in [0.15, 0.2) is 21.9 Å². The molecule has 2 aromatic rings.